The van der Waals surface area contributed by atoms with Crippen LogP contribution in [0.25, 0.3) is 10.1 Å². The van der Waals surface area contributed by atoms with Gasteiger partial charge < -0.3 is 15.0 Å². The van der Waals surface area contributed by atoms with Crippen molar-refractivity contribution in [2.24, 2.45) is 0 Å². The predicted molar refractivity (Wildman–Crippen MR) is 91.1 cm³/mol. The van der Waals surface area contributed by atoms with Crippen LogP contribution in [0.15, 0.2) is 18.2 Å². The Morgan fingerprint density at radius 2 is 2.32 bits per heavy atom. The van der Waals surface area contributed by atoms with Crippen LogP contribution in [0.5, 0.6) is 5.75 Å². The number of carbonyl (C=O) groups excluding carboxylic acids is 1. The summed E-state index contributed by atoms with van der Waals surface area (Å²) in [6.45, 7) is 3.76. The van der Waals surface area contributed by atoms with Crippen LogP contribution in [0.2, 0.25) is 0 Å². The summed E-state index contributed by atoms with van der Waals surface area (Å²) in [7, 11) is 3.61. The van der Waals surface area contributed by atoms with Crippen molar-refractivity contribution in [2.75, 3.05) is 27.2 Å². The van der Waals surface area contributed by atoms with E-state index in [1.54, 1.807) is 18.4 Å². The number of hydrogen-bond donors (Lipinski definition) is 1. The van der Waals surface area contributed by atoms with Gasteiger partial charge >= 0.3 is 0 Å². The molecule has 1 saturated heterocycles. The number of amides is 1. The summed E-state index contributed by atoms with van der Waals surface area (Å²) in [6.07, 6.45) is 2.18. The number of nitrogens with one attached hydrogen (secondary N) is 1. The lowest BCUT2D eigenvalue weighted by Gasteiger charge is -2.24. The number of hydrogen-bond acceptors (Lipinski definition) is 4. The van der Waals surface area contributed by atoms with E-state index in [1.807, 2.05) is 37.1 Å². The number of benzene rings is 1. The van der Waals surface area contributed by atoms with E-state index in [0.29, 0.717) is 6.04 Å². The summed E-state index contributed by atoms with van der Waals surface area (Å²) in [4.78, 5) is 15.9. The van der Waals surface area contributed by atoms with Crippen molar-refractivity contribution < 1.29 is 9.53 Å². The molecule has 2 heterocycles. The van der Waals surface area contributed by atoms with Crippen LogP contribution < -0.4 is 10.1 Å². The van der Waals surface area contributed by atoms with Gasteiger partial charge in [-0.05, 0) is 56.0 Å². The van der Waals surface area contributed by atoms with Crippen LogP contribution in [0.3, 0.4) is 0 Å². The molecule has 1 fully saturated rings. The first-order chi connectivity index (χ1) is 10.7. The topological polar surface area (TPSA) is 41.6 Å². The summed E-state index contributed by atoms with van der Waals surface area (Å²) >= 11 is 1.59. The quantitative estimate of drug-likeness (QED) is 0.942. The molecule has 4 nitrogen and oxygen atoms in total. The highest BCUT2D eigenvalue weighted by atomic mass is 32.1. The van der Waals surface area contributed by atoms with Gasteiger partial charge in [0.15, 0.2) is 0 Å². The number of aryl methyl sites for hydroxylation is 1. The molecule has 1 aromatic heterocycles. The fraction of sp³-hybridized carbons (Fsp3) is 0.471. The van der Waals surface area contributed by atoms with Crippen LogP contribution >= 0.6 is 11.3 Å². The van der Waals surface area contributed by atoms with Gasteiger partial charge in [0.1, 0.15) is 5.75 Å². The molecule has 0 aliphatic carbocycles. The maximum Gasteiger partial charge on any atom is 0.264 e. The van der Waals surface area contributed by atoms with Gasteiger partial charge in [0.2, 0.25) is 0 Å². The summed E-state index contributed by atoms with van der Waals surface area (Å²) < 4.78 is 6.44. The monoisotopic (exact) mass is 318 g/mol. The summed E-state index contributed by atoms with van der Waals surface area (Å²) in [5.41, 5.74) is 1.07. The average Bonchev–Trinajstić information content (AvgIpc) is 3.12. The molecule has 1 aliphatic rings. The molecular weight excluding hydrogens is 296 g/mol. The number of likely N-dealkylation sites (N-methyl/N-ethyl adjacent to an activating group) is 1. The van der Waals surface area contributed by atoms with Gasteiger partial charge in [-0.3, -0.25) is 4.79 Å². The Balaban J connectivity index is 1.95. The zero-order valence-electron chi connectivity index (χ0n) is 13.3. The molecule has 0 bridgehead atoms. The van der Waals surface area contributed by atoms with E-state index in [1.165, 1.54) is 0 Å². The lowest BCUT2D eigenvalue weighted by molar-refractivity contribution is 0.0741. The van der Waals surface area contributed by atoms with Crippen molar-refractivity contribution in [3.63, 3.8) is 0 Å². The molecule has 0 spiro atoms. The number of fused-ring (bicyclic) bond motifs is 1. The van der Waals surface area contributed by atoms with E-state index < -0.39 is 0 Å². The molecule has 2 aromatic rings. The van der Waals surface area contributed by atoms with Crippen LogP contribution in [-0.2, 0) is 0 Å². The van der Waals surface area contributed by atoms with E-state index in [9.17, 15) is 4.79 Å². The van der Waals surface area contributed by atoms with E-state index in [0.717, 1.165) is 52.2 Å². The maximum absolute atomic E-state index is 13.0. The largest absolute Gasteiger partial charge is 0.497 e. The third kappa shape index (κ3) is 2.59. The fourth-order valence-corrected chi connectivity index (χ4v) is 4.36. The van der Waals surface area contributed by atoms with Crippen LogP contribution in [0, 0.1) is 6.92 Å². The highest BCUT2D eigenvalue weighted by Gasteiger charge is 2.30. The number of methoxy groups -OCH3 is 1. The SMILES string of the molecule is CNCC1CCCN1C(=O)c1sc2ccc(OC)cc2c1C. The molecule has 1 amide bonds. The second-order valence-electron chi connectivity index (χ2n) is 5.77. The molecule has 22 heavy (non-hydrogen) atoms. The summed E-state index contributed by atoms with van der Waals surface area (Å²) in [6, 6.07) is 6.33. The minimum atomic E-state index is 0.176. The Morgan fingerprint density at radius 3 is 3.05 bits per heavy atom. The van der Waals surface area contributed by atoms with E-state index >= 15 is 0 Å². The predicted octanol–water partition coefficient (Wildman–Crippen LogP) is 3.04. The highest BCUT2D eigenvalue weighted by molar-refractivity contribution is 7.21. The Kier molecular flexibility index (Phi) is 4.36. The second-order valence-corrected chi connectivity index (χ2v) is 6.82. The Morgan fingerprint density at radius 1 is 1.50 bits per heavy atom. The number of carbonyl (C=O) groups is 1. The van der Waals surface area contributed by atoms with Gasteiger partial charge in [-0.1, -0.05) is 0 Å². The lowest BCUT2D eigenvalue weighted by atomic mass is 10.1. The van der Waals surface area contributed by atoms with Gasteiger partial charge in [-0.15, -0.1) is 11.3 Å². The van der Waals surface area contributed by atoms with Crippen molar-refractivity contribution in [1.29, 1.82) is 0 Å². The van der Waals surface area contributed by atoms with Crippen molar-refractivity contribution in [3.8, 4) is 5.75 Å². The summed E-state index contributed by atoms with van der Waals surface area (Å²) in [5.74, 6) is 1.01. The lowest BCUT2D eigenvalue weighted by Crippen LogP contribution is -2.40. The molecule has 1 N–H and O–H groups in total. The Labute approximate surface area is 135 Å². The Bertz CT molecular complexity index is 695. The zero-order chi connectivity index (χ0) is 15.7. The van der Waals surface area contributed by atoms with Gasteiger partial charge in [-0.25, -0.2) is 0 Å². The van der Waals surface area contributed by atoms with E-state index in [2.05, 4.69) is 5.32 Å². The van der Waals surface area contributed by atoms with Gasteiger partial charge in [-0.2, -0.15) is 0 Å². The number of likely N-dealkylation sites (tertiary alicyclic amines) is 1. The maximum atomic E-state index is 13.0. The van der Waals surface area contributed by atoms with Crippen LogP contribution in [-0.4, -0.2) is 44.1 Å². The van der Waals surface area contributed by atoms with Crippen molar-refractivity contribution in [2.45, 2.75) is 25.8 Å². The smallest absolute Gasteiger partial charge is 0.264 e. The number of nitrogens with zero attached hydrogens (tertiary/aromatic N) is 1. The van der Waals surface area contributed by atoms with Crippen molar-refractivity contribution in [3.05, 3.63) is 28.6 Å². The van der Waals surface area contributed by atoms with Gasteiger partial charge in [0.05, 0.1) is 12.0 Å². The molecule has 0 saturated carbocycles. The minimum absolute atomic E-state index is 0.176. The van der Waals surface area contributed by atoms with Crippen molar-refractivity contribution in [1.82, 2.24) is 10.2 Å². The van der Waals surface area contributed by atoms with E-state index in [-0.39, 0.29) is 5.91 Å². The van der Waals surface area contributed by atoms with Gasteiger partial charge in [0.25, 0.3) is 5.91 Å². The molecule has 5 heteroatoms. The zero-order valence-corrected chi connectivity index (χ0v) is 14.1. The minimum Gasteiger partial charge on any atom is -0.497 e. The fourth-order valence-electron chi connectivity index (χ4n) is 3.21. The third-order valence-corrected chi connectivity index (χ3v) is 5.68. The third-order valence-electron chi connectivity index (χ3n) is 4.42. The molecule has 1 aromatic carbocycles. The average molecular weight is 318 g/mol. The molecule has 118 valence electrons. The second kappa shape index (κ2) is 6.26. The molecule has 1 aliphatic heterocycles. The highest BCUT2D eigenvalue weighted by Crippen LogP contribution is 2.35. The molecule has 1 unspecified atom stereocenters. The number of ether oxygens (including phenoxy) is 1. The first-order valence-corrected chi connectivity index (χ1v) is 8.50. The first kappa shape index (κ1) is 15.3. The van der Waals surface area contributed by atoms with E-state index in [4.69, 9.17) is 4.74 Å². The standard InChI is InChI=1S/C17H22N2O2S/c1-11-14-9-13(21-3)6-7-15(14)22-16(11)17(20)19-8-4-5-12(19)10-18-2/h6-7,9,12,18H,4-5,8,10H2,1-3H3. The van der Waals surface area contributed by atoms with Crippen molar-refractivity contribution >= 4 is 27.3 Å². The summed E-state index contributed by atoms with van der Waals surface area (Å²) in [5, 5.41) is 4.32. The Hall–Kier alpha value is -1.59. The number of thiophene rings is 1. The molecular formula is C17H22N2O2S. The molecule has 3 rings (SSSR count). The molecule has 0 radical (unpaired) electrons. The van der Waals surface area contributed by atoms with Gasteiger partial charge in [0, 0.05) is 23.8 Å². The first-order valence-electron chi connectivity index (χ1n) is 7.68. The molecule has 1 atom stereocenters. The normalized spacial score (nSPS) is 18.1. The van der Waals surface area contributed by atoms with Crippen LogP contribution in [0.4, 0.5) is 0 Å². The number of rotatable bonds is 4. The van der Waals surface area contributed by atoms with Crippen LogP contribution in [0.1, 0.15) is 28.1 Å².